The summed E-state index contributed by atoms with van der Waals surface area (Å²) in [5, 5.41) is 11.6. The molecular formula is C14H19NO3S. The molecule has 1 fully saturated rings. The highest BCUT2D eigenvalue weighted by atomic mass is 32.1. The molecule has 0 radical (unpaired) electrons. The third-order valence-electron chi connectivity index (χ3n) is 3.41. The number of rotatable bonds is 7. The van der Waals surface area contributed by atoms with Crippen molar-refractivity contribution < 1.29 is 14.7 Å². The highest BCUT2D eigenvalue weighted by Crippen LogP contribution is 2.32. The molecule has 1 aromatic rings. The van der Waals surface area contributed by atoms with Crippen molar-refractivity contribution in [3.8, 4) is 0 Å². The van der Waals surface area contributed by atoms with Crippen molar-refractivity contribution in [3.05, 3.63) is 22.4 Å². The molecule has 1 aliphatic carbocycles. The van der Waals surface area contributed by atoms with E-state index in [9.17, 15) is 14.7 Å². The van der Waals surface area contributed by atoms with Gasteiger partial charge in [0.05, 0.1) is 11.0 Å². The van der Waals surface area contributed by atoms with Gasteiger partial charge in [-0.1, -0.05) is 6.07 Å². The Labute approximate surface area is 117 Å². The van der Waals surface area contributed by atoms with E-state index in [1.165, 1.54) is 16.2 Å². The van der Waals surface area contributed by atoms with Crippen molar-refractivity contribution in [1.82, 2.24) is 4.90 Å². The summed E-state index contributed by atoms with van der Waals surface area (Å²) in [4.78, 5) is 25.9. The molecule has 2 rings (SSSR count). The molecule has 1 N–H and O–H groups in total. The van der Waals surface area contributed by atoms with E-state index >= 15 is 0 Å². The van der Waals surface area contributed by atoms with Gasteiger partial charge in [0.1, 0.15) is 0 Å². The van der Waals surface area contributed by atoms with Crippen molar-refractivity contribution in [1.29, 1.82) is 0 Å². The molecule has 0 aromatic carbocycles. The average molecular weight is 281 g/mol. The molecule has 0 bridgehead atoms. The van der Waals surface area contributed by atoms with Gasteiger partial charge in [0, 0.05) is 26.4 Å². The van der Waals surface area contributed by atoms with Crippen molar-refractivity contribution in [3.63, 3.8) is 0 Å². The first kappa shape index (κ1) is 14.2. The molecule has 1 aromatic heterocycles. The third-order valence-corrected chi connectivity index (χ3v) is 4.33. The molecule has 1 amide bonds. The fourth-order valence-corrected chi connectivity index (χ4v) is 2.68. The number of thiophene rings is 1. The lowest BCUT2D eigenvalue weighted by Gasteiger charge is -2.20. The maximum Gasteiger partial charge on any atom is 0.222 e. The molecule has 5 heteroatoms. The van der Waals surface area contributed by atoms with E-state index in [0.717, 1.165) is 12.8 Å². The Morgan fingerprint density at radius 3 is 2.79 bits per heavy atom. The third kappa shape index (κ3) is 4.14. The molecule has 0 saturated heterocycles. The molecule has 1 unspecified atom stereocenters. The standard InChI is InChI=1S/C14H19NO3S/c1-15(9-12(17)10-4-5-10)14(18)7-6-11(16)13-3-2-8-19-13/h2-3,8,10,12,17H,4-7,9H2,1H3. The van der Waals surface area contributed by atoms with Crippen LogP contribution < -0.4 is 0 Å². The predicted molar refractivity (Wildman–Crippen MR) is 74.3 cm³/mol. The van der Waals surface area contributed by atoms with E-state index in [4.69, 9.17) is 0 Å². The first-order chi connectivity index (χ1) is 9.08. The number of hydrogen-bond acceptors (Lipinski definition) is 4. The van der Waals surface area contributed by atoms with E-state index in [1.807, 2.05) is 11.4 Å². The molecule has 4 nitrogen and oxygen atoms in total. The van der Waals surface area contributed by atoms with Crippen LogP contribution in [0.15, 0.2) is 17.5 Å². The minimum Gasteiger partial charge on any atom is -0.391 e. The molecule has 19 heavy (non-hydrogen) atoms. The van der Waals surface area contributed by atoms with Crippen LogP contribution in [0.2, 0.25) is 0 Å². The number of carbonyl (C=O) groups is 2. The Balaban J connectivity index is 1.72. The minimum absolute atomic E-state index is 0.0134. The van der Waals surface area contributed by atoms with Crippen LogP contribution in [0.3, 0.4) is 0 Å². The lowest BCUT2D eigenvalue weighted by atomic mass is 10.1. The highest BCUT2D eigenvalue weighted by molar-refractivity contribution is 7.12. The molecular weight excluding hydrogens is 262 g/mol. The van der Waals surface area contributed by atoms with Crippen LogP contribution in [0, 0.1) is 5.92 Å². The normalized spacial score (nSPS) is 16.1. The van der Waals surface area contributed by atoms with Crippen LogP contribution in [-0.2, 0) is 4.79 Å². The second-order valence-electron chi connectivity index (χ2n) is 5.08. The summed E-state index contributed by atoms with van der Waals surface area (Å²) < 4.78 is 0. The van der Waals surface area contributed by atoms with Crippen molar-refractivity contribution in [2.45, 2.75) is 31.8 Å². The maximum atomic E-state index is 11.9. The summed E-state index contributed by atoms with van der Waals surface area (Å²) in [6, 6.07) is 3.61. The average Bonchev–Trinajstić information content (AvgIpc) is 3.10. The fourth-order valence-electron chi connectivity index (χ4n) is 1.98. The first-order valence-corrected chi connectivity index (χ1v) is 7.44. The number of carbonyl (C=O) groups excluding carboxylic acids is 2. The van der Waals surface area contributed by atoms with Gasteiger partial charge in [0.2, 0.25) is 5.91 Å². The Morgan fingerprint density at radius 1 is 1.47 bits per heavy atom. The van der Waals surface area contributed by atoms with Crippen molar-refractivity contribution in [2.75, 3.05) is 13.6 Å². The summed E-state index contributed by atoms with van der Waals surface area (Å²) in [5.41, 5.74) is 0. The van der Waals surface area contributed by atoms with Crippen LogP contribution in [0.1, 0.15) is 35.4 Å². The lowest BCUT2D eigenvalue weighted by Crippen LogP contribution is -2.35. The number of ketones is 1. The van der Waals surface area contributed by atoms with Crippen LogP contribution in [0.25, 0.3) is 0 Å². The zero-order valence-corrected chi connectivity index (χ0v) is 11.9. The Kier molecular flexibility index (Phi) is 4.71. The first-order valence-electron chi connectivity index (χ1n) is 6.56. The quantitative estimate of drug-likeness (QED) is 0.777. The van der Waals surface area contributed by atoms with Gasteiger partial charge in [-0.15, -0.1) is 11.3 Å². The number of aliphatic hydroxyl groups is 1. The summed E-state index contributed by atoms with van der Waals surface area (Å²) >= 11 is 1.40. The number of likely N-dealkylation sites (N-methyl/N-ethyl adjacent to an activating group) is 1. The number of nitrogens with zero attached hydrogens (tertiary/aromatic N) is 1. The molecule has 1 aliphatic rings. The van der Waals surface area contributed by atoms with E-state index in [2.05, 4.69) is 0 Å². The van der Waals surface area contributed by atoms with Crippen LogP contribution in [0.5, 0.6) is 0 Å². The predicted octanol–water partition coefficient (Wildman–Crippen LogP) is 1.94. The SMILES string of the molecule is CN(CC(O)C1CC1)C(=O)CCC(=O)c1cccs1. The van der Waals surface area contributed by atoms with Gasteiger partial charge in [-0.05, 0) is 30.2 Å². The lowest BCUT2D eigenvalue weighted by molar-refractivity contribution is -0.131. The Morgan fingerprint density at radius 2 is 2.21 bits per heavy atom. The number of amides is 1. The van der Waals surface area contributed by atoms with Crippen LogP contribution >= 0.6 is 11.3 Å². The molecule has 104 valence electrons. The fraction of sp³-hybridized carbons (Fsp3) is 0.571. The van der Waals surface area contributed by atoms with Crippen LogP contribution in [0.4, 0.5) is 0 Å². The number of Topliss-reactive ketones (excluding diaryl/α,β-unsaturated/α-hetero) is 1. The Hall–Kier alpha value is -1.20. The second-order valence-corrected chi connectivity index (χ2v) is 6.03. The van der Waals surface area contributed by atoms with Gasteiger partial charge in [0.25, 0.3) is 0 Å². The van der Waals surface area contributed by atoms with Gasteiger partial charge in [-0.3, -0.25) is 9.59 Å². The van der Waals surface area contributed by atoms with E-state index < -0.39 is 6.10 Å². The monoisotopic (exact) mass is 281 g/mol. The number of hydrogen-bond donors (Lipinski definition) is 1. The van der Waals surface area contributed by atoms with Crippen molar-refractivity contribution >= 4 is 23.0 Å². The second kappa shape index (κ2) is 6.30. The smallest absolute Gasteiger partial charge is 0.222 e. The molecule has 1 saturated carbocycles. The van der Waals surface area contributed by atoms with Gasteiger partial charge in [0.15, 0.2) is 5.78 Å². The zero-order valence-electron chi connectivity index (χ0n) is 11.0. The van der Waals surface area contributed by atoms with Gasteiger partial charge in [-0.2, -0.15) is 0 Å². The van der Waals surface area contributed by atoms with E-state index in [0.29, 0.717) is 17.3 Å². The summed E-state index contributed by atoms with van der Waals surface area (Å²) in [6.45, 7) is 0.372. The zero-order chi connectivity index (χ0) is 13.8. The molecule has 1 atom stereocenters. The molecule has 0 aliphatic heterocycles. The van der Waals surface area contributed by atoms with Gasteiger partial charge >= 0.3 is 0 Å². The summed E-state index contributed by atoms with van der Waals surface area (Å²) in [7, 11) is 1.68. The minimum atomic E-state index is -0.415. The maximum absolute atomic E-state index is 11.9. The highest BCUT2D eigenvalue weighted by Gasteiger charge is 2.31. The molecule has 1 heterocycles. The van der Waals surface area contributed by atoms with E-state index in [-0.39, 0.29) is 24.5 Å². The Bertz CT molecular complexity index is 440. The molecule has 0 spiro atoms. The number of aliphatic hydroxyl groups excluding tert-OH is 1. The van der Waals surface area contributed by atoms with Gasteiger partial charge < -0.3 is 10.0 Å². The van der Waals surface area contributed by atoms with Gasteiger partial charge in [-0.25, -0.2) is 0 Å². The topological polar surface area (TPSA) is 57.6 Å². The van der Waals surface area contributed by atoms with Crippen LogP contribution in [-0.4, -0.2) is 41.4 Å². The summed E-state index contributed by atoms with van der Waals surface area (Å²) in [5.74, 6) is 0.298. The van der Waals surface area contributed by atoms with Crippen molar-refractivity contribution in [2.24, 2.45) is 5.92 Å². The van der Waals surface area contributed by atoms with E-state index in [1.54, 1.807) is 13.1 Å². The summed E-state index contributed by atoms with van der Waals surface area (Å²) in [6.07, 6.45) is 2.15. The largest absolute Gasteiger partial charge is 0.391 e.